The maximum atomic E-state index is 12.6. The monoisotopic (exact) mass is 366 g/mol. The van der Waals surface area contributed by atoms with Crippen LogP contribution in [0.3, 0.4) is 0 Å². The minimum Gasteiger partial charge on any atom is -0.386 e. The third kappa shape index (κ3) is 4.06. The zero-order valence-corrected chi connectivity index (χ0v) is 14.6. The molecule has 2 aromatic rings. The quantitative estimate of drug-likeness (QED) is 0.482. The number of nitrogens with zero attached hydrogens (tertiary/aromatic N) is 4. The highest BCUT2D eigenvalue weighted by Crippen LogP contribution is 2.25. The molecular weight excluding hydrogens is 348 g/mol. The number of amides is 1. The van der Waals surface area contributed by atoms with E-state index in [1.807, 2.05) is 30.3 Å². The minimum atomic E-state index is -0.748. The summed E-state index contributed by atoms with van der Waals surface area (Å²) in [5, 5.41) is 26.3. The topological polar surface area (TPSA) is 108 Å². The molecule has 8 nitrogen and oxygen atoms in total. The Balaban J connectivity index is 1.67. The lowest BCUT2D eigenvalue weighted by Crippen LogP contribution is -2.28. The lowest BCUT2D eigenvalue weighted by molar-refractivity contribution is -0.384. The normalized spacial score (nSPS) is 18.0. The van der Waals surface area contributed by atoms with Crippen molar-refractivity contribution < 1.29 is 14.8 Å². The number of rotatable bonds is 6. The minimum absolute atomic E-state index is 0.0564. The molecule has 27 heavy (non-hydrogen) atoms. The second-order valence-electron chi connectivity index (χ2n) is 6.08. The van der Waals surface area contributed by atoms with Crippen LogP contribution in [0.1, 0.15) is 18.6 Å². The van der Waals surface area contributed by atoms with E-state index in [-0.39, 0.29) is 18.1 Å². The Morgan fingerprint density at radius 1 is 1.26 bits per heavy atom. The molecule has 0 saturated heterocycles. The number of nitro benzene ring substituents is 1. The largest absolute Gasteiger partial charge is 0.386 e. The number of benzene rings is 2. The molecule has 0 radical (unpaired) electrons. The molecule has 2 atom stereocenters. The first-order valence-electron chi connectivity index (χ1n) is 8.34. The van der Waals surface area contributed by atoms with Crippen molar-refractivity contribution in [1.29, 1.82) is 0 Å². The Kier molecular flexibility index (Phi) is 5.37. The van der Waals surface area contributed by atoms with Crippen LogP contribution in [0.25, 0.3) is 0 Å². The van der Waals surface area contributed by atoms with E-state index in [0.29, 0.717) is 11.4 Å². The highest BCUT2D eigenvalue weighted by molar-refractivity contribution is 6.23. The van der Waals surface area contributed by atoms with Gasteiger partial charge in [-0.15, -0.1) is 0 Å². The summed E-state index contributed by atoms with van der Waals surface area (Å²) in [4.78, 5) is 27.0. The van der Waals surface area contributed by atoms with Crippen molar-refractivity contribution in [3.8, 4) is 0 Å². The van der Waals surface area contributed by atoms with Crippen molar-refractivity contribution in [2.24, 2.45) is 16.0 Å². The maximum absolute atomic E-state index is 12.6. The number of anilines is 1. The van der Waals surface area contributed by atoms with Crippen LogP contribution in [-0.2, 0) is 4.79 Å². The Morgan fingerprint density at radius 3 is 2.56 bits per heavy atom. The smallest absolute Gasteiger partial charge is 0.269 e. The second-order valence-corrected chi connectivity index (χ2v) is 6.08. The zero-order chi connectivity index (χ0) is 19.4. The molecule has 0 spiro atoms. The number of aliphatic hydroxyl groups excluding tert-OH is 1. The van der Waals surface area contributed by atoms with Crippen LogP contribution in [0, 0.1) is 16.0 Å². The Hall–Kier alpha value is -3.39. The number of hydrogen-bond acceptors (Lipinski definition) is 6. The molecule has 0 saturated carbocycles. The number of hydrazone groups is 1. The first kappa shape index (κ1) is 18.4. The average Bonchev–Trinajstić information content (AvgIpc) is 2.97. The van der Waals surface area contributed by atoms with Crippen LogP contribution in [0.5, 0.6) is 0 Å². The number of carbonyl (C=O) groups is 1. The van der Waals surface area contributed by atoms with E-state index < -0.39 is 16.9 Å². The summed E-state index contributed by atoms with van der Waals surface area (Å²) < 4.78 is 0. The van der Waals surface area contributed by atoms with Gasteiger partial charge in [-0.2, -0.15) is 10.1 Å². The molecule has 1 amide bonds. The van der Waals surface area contributed by atoms with Crippen LogP contribution in [0.4, 0.5) is 11.4 Å². The second kappa shape index (κ2) is 7.88. The lowest BCUT2D eigenvalue weighted by atomic mass is 10.1. The number of hydrogen-bond donors (Lipinski definition) is 1. The molecule has 8 heteroatoms. The zero-order valence-electron chi connectivity index (χ0n) is 14.6. The van der Waals surface area contributed by atoms with Gasteiger partial charge in [-0.25, -0.2) is 0 Å². The van der Waals surface area contributed by atoms with Gasteiger partial charge < -0.3 is 5.11 Å². The number of aliphatic imine (C=N–C) groups is 1. The van der Waals surface area contributed by atoms with Gasteiger partial charge in [0, 0.05) is 18.3 Å². The Bertz CT molecular complexity index is 894. The maximum Gasteiger partial charge on any atom is 0.269 e. The van der Waals surface area contributed by atoms with E-state index in [1.54, 1.807) is 6.92 Å². The van der Waals surface area contributed by atoms with E-state index in [4.69, 9.17) is 0 Å². The van der Waals surface area contributed by atoms with Crippen molar-refractivity contribution in [1.82, 2.24) is 0 Å². The standard InChI is InChI=1S/C19H18N4O4/c1-13-17(11-20-12-18(24)14-5-3-2-4-6-14)19(25)22(21-13)15-7-9-16(10-8-15)23(26)27/h2-11,17-18,24H,12H2,1H3/t17-,18+/m1/s1. The summed E-state index contributed by atoms with van der Waals surface area (Å²) in [6, 6.07) is 14.8. The molecule has 3 rings (SSSR count). The number of carbonyl (C=O) groups excluding carboxylic acids is 1. The van der Waals surface area contributed by atoms with Gasteiger partial charge in [-0.3, -0.25) is 19.9 Å². The van der Waals surface area contributed by atoms with Crippen molar-refractivity contribution in [3.05, 3.63) is 70.3 Å². The van der Waals surface area contributed by atoms with Crippen LogP contribution in [0.2, 0.25) is 0 Å². The van der Waals surface area contributed by atoms with Gasteiger partial charge in [0.05, 0.1) is 29.0 Å². The van der Waals surface area contributed by atoms with Gasteiger partial charge in [0.2, 0.25) is 0 Å². The molecule has 0 aromatic heterocycles. The van der Waals surface area contributed by atoms with E-state index >= 15 is 0 Å². The molecule has 0 bridgehead atoms. The molecule has 1 aliphatic rings. The fourth-order valence-corrected chi connectivity index (χ4v) is 2.70. The van der Waals surface area contributed by atoms with Gasteiger partial charge in [0.1, 0.15) is 5.92 Å². The van der Waals surface area contributed by atoms with E-state index in [2.05, 4.69) is 10.1 Å². The van der Waals surface area contributed by atoms with Crippen molar-refractivity contribution in [2.75, 3.05) is 11.6 Å². The van der Waals surface area contributed by atoms with Crippen LogP contribution in [-0.4, -0.2) is 34.4 Å². The lowest BCUT2D eigenvalue weighted by Gasteiger charge is -2.12. The molecule has 1 N–H and O–H groups in total. The summed E-state index contributed by atoms with van der Waals surface area (Å²) in [5.41, 5.74) is 1.71. The Morgan fingerprint density at radius 2 is 1.93 bits per heavy atom. The molecular formula is C19H18N4O4. The van der Waals surface area contributed by atoms with E-state index in [1.165, 1.54) is 35.5 Å². The molecule has 0 aliphatic carbocycles. The number of non-ortho nitro benzene ring substituents is 1. The van der Waals surface area contributed by atoms with E-state index in [9.17, 15) is 20.0 Å². The third-order valence-corrected chi connectivity index (χ3v) is 4.20. The molecule has 1 aliphatic heterocycles. The van der Waals surface area contributed by atoms with Crippen molar-refractivity contribution >= 4 is 29.2 Å². The third-order valence-electron chi connectivity index (χ3n) is 4.20. The van der Waals surface area contributed by atoms with Crippen molar-refractivity contribution in [2.45, 2.75) is 13.0 Å². The molecule has 1 heterocycles. The van der Waals surface area contributed by atoms with Crippen LogP contribution < -0.4 is 5.01 Å². The molecule has 2 aromatic carbocycles. The van der Waals surface area contributed by atoms with Gasteiger partial charge >= 0.3 is 0 Å². The Labute approximate surface area is 155 Å². The fourth-order valence-electron chi connectivity index (χ4n) is 2.70. The summed E-state index contributed by atoms with van der Waals surface area (Å²) in [5.74, 6) is -0.914. The first-order chi connectivity index (χ1) is 13.0. The van der Waals surface area contributed by atoms with E-state index in [0.717, 1.165) is 5.56 Å². The van der Waals surface area contributed by atoms with Gasteiger partial charge in [0.15, 0.2) is 0 Å². The predicted octanol–water partition coefficient (Wildman–Crippen LogP) is 2.74. The fraction of sp³-hybridized carbons (Fsp3) is 0.211. The summed E-state index contributed by atoms with van der Waals surface area (Å²) >= 11 is 0. The first-order valence-corrected chi connectivity index (χ1v) is 8.34. The van der Waals surface area contributed by atoms with Crippen molar-refractivity contribution in [3.63, 3.8) is 0 Å². The molecule has 138 valence electrons. The summed E-state index contributed by atoms with van der Waals surface area (Å²) in [7, 11) is 0. The van der Waals surface area contributed by atoms with Crippen LogP contribution in [0.15, 0.2) is 64.7 Å². The molecule has 0 fully saturated rings. The van der Waals surface area contributed by atoms with Crippen LogP contribution >= 0.6 is 0 Å². The number of nitro groups is 1. The highest BCUT2D eigenvalue weighted by atomic mass is 16.6. The average molecular weight is 366 g/mol. The molecule has 0 unspecified atom stereocenters. The van der Waals surface area contributed by atoms with Gasteiger partial charge in [-0.1, -0.05) is 30.3 Å². The predicted molar refractivity (Wildman–Crippen MR) is 102 cm³/mol. The van der Waals surface area contributed by atoms with Gasteiger partial charge in [-0.05, 0) is 24.6 Å². The van der Waals surface area contributed by atoms with Gasteiger partial charge in [0.25, 0.3) is 11.6 Å². The summed E-state index contributed by atoms with van der Waals surface area (Å²) in [6.07, 6.45) is 0.737. The number of aliphatic hydroxyl groups is 1. The summed E-state index contributed by atoms with van der Waals surface area (Å²) in [6.45, 7) is 1.85. The highest BCUT2D eigenvalue weighted by Gasteiger charge is 2.33. The SMILES string of the molecule is CC1=NN(c2ccc([N+](=O)[O-])cc2)C(=O)[C@@H]1C=NC[C@H](O)c1ccccc1.